The highest BCUT2D eigenvalue weighted by Gasteiger charge is 2.25. The van der Waals surface area contributed by atoms with Crippen LogP contribution in [0.2, 0.25) is 0 Å². The van der Waals surface area contributed by atoms with Gasteiger partial charge >= 0.3 is 0 Å². The van der Waals surface area contributed by atoms with E-state index in [1.54, 1.807) is 0 Å². The second-order valence-electron chi connectivity index (χ2n) is 10.7. The van der Waals surface area contributed by atoms with Crippen molar-refractivity contribution in [3.63, 3.8) is 0 Å². The van der Waals surface area contributed by atoms with E-state index in [0.717, 1.165) is 19.3 Å². The topological polar surface area (TPSA) is 215 Å². The third kappa shape index (κ3) is 13.1. The number of carbonyl (C=O) groups is 4. The molecule has 4 heterocycles. The van der Waals surface area contributed by atoms with Crippen molar-refractivity contribution in [1.29, 1.82) is 0 Å². The van der Waals surface area contributed by atoms with Gasteiger partial charge < -0.3 is 34.9 Å². The first kappa shape index (κ1) is 38.9. The number of pyridine rings is 2. The van der Waals surface area contributed by atoms with E-state index in [2.05, 4.69) is 40.0 Å². The summed E-state index contributed by atoms with van der Waals surface area (Å²) in [5, 5.41) is 12.2. The van der Waals surface area contributed by atoms with Gasteiger partial charge in [-0.25, -0.2) is 9.97 Å². The van der Waals surface area contributed by atoms with Crippen molar-refractivity contribution < 1.29 is 46.5 Å². The molecule has 15 nitrogen and oxygen atoms in total. The summed E-state index contributed by atoms with van der Waals surface area (Å²) in [7, 11) is 0. The summed E-state index contributed by atoms with van der Waals surface area (Å²) in [6, 6.07) is 6.85. The molecule has 0 aromatic carbocycles. The smallest absolute Gasteiger partial charge is 0.256 e. The summed E-state index contributed by atoms with van der Waals surface area (Å²) in [5.41, 5.74) is 5.03. The van der Waals surface area contributed by atoms with Crippen LogP contribution in [-0.4, -0.2) is 75.5 Å². The maximum absolute atomic E-state index is 13.6. The minimum absolute atomic E-state index is 0.165. The summed E-state index contributed by atoms with van der Waals surface area (Å²) in [6.07, 6.45) is 9.92. The molecule has 0 bridgehead atoms. The summed E-state index contributed by atoms with van der Waals surface area (Å²) >= 11 is 0. The normalized spacial score (nSPS) is 11.8. The molecule has 4 rings (SSSR count). The van der Waals surface area contributed by atoms with Crippen molar-refractivity contribution in [2.24, 2.45) is 5.73 Å². The number of rotatable bonds is 20. The Kier molecular flexibility index (Phi) is 16.6. The van der Waals surface area contributed by atoms with Crippen LogP contribution >= 0.6 is 0 Å². The van der Waals surface area contributed by atoms with Crippen LogP contribution in [0.4, 0.5) is 8.78 Å². The summed E-state index contributed by atoms with van der Waals surface area (Å²) in [5.74, 6) is -3.50. The van der Waals surface area contributed by atoms with Gasteiger partial charge in [0.15, 0.2) is 24.8 Å². The number of hydrogen-bond donors (Lipinski definition) is 3. The summed E-state index contributed by atoms with van der Waals surface area (Å²) in [4.78, 5) is 56.0. The van der Waals surface area contributed by atoms with Gasteiger partial charge in [0.2, 0.25) is 11.9 Å². The van der Waals surface area contributed by atoms with Crippen LogP contribution in [-0.2, 0) is 9.59 Å². The lowest BCUT2D eigenvalue weighted by molar-refractivity contribution is -0.123. The molecule has 0 aliphatic carbocycles. The van der Waals surface area contributed by atoms with Crippen LogP contribution in [0.3, 0.4) is 0 Å². The standard InChI is InChI=1S/C17H20FN3O4.C16H19FN4O4/c1-2-3-4-7-13(14(22)11-24-15-8-10-25-21-15)20-17(23)12-6-5-9-19-16(12)18;17-15-11(4-3-8-19-15)16(23)20-12(5-1-2-7-18)13(22)10-24-14-6-9-25-21-14/h5-6,8-10,13H,2-4,7,11H2,1H3,(H,20,23);3-4,6,8-9,12H,1-2,5,7,10,18H2,(H,20,23)/t13-;12-/m00/s1. The van der Waals surface area contributed by atoms with Crippen LogP contribution in [0, 0.1) is 11.9 Å². The zero-order valence-corrected chi connectivity index (χ0v) is 27.4. The maximum atomic E-state index is 13.6. The molecule has 0 radical (unpaired) electrons. The fraction of sp³-hybridized carbons (Fsp3) is 0.394. The molecule has 0 unspecified atom stereocenters. The van der Waals surface area contributed by atoms with E-state index in [1.165, 1.54) is 61.3 Å². The molecule has 4 N–H and O–H groups in total. The first-order chi connectivity index (χ1) is 24.2. The average molecular weight is 700 g/mol. The van der Waals surface area contributed by atoms with E-state index < -0.39 is 35.8 Å². The fourth-order valence-corrected chi connectivity index (χ4v) is 4.34. The number of hydrogen-bond acceptors (Lipinski definition) is 13. The number of unbranched alkanes of at least 4 members (excludes halogenated alkanes) is 3. The van der Waals surface area contributed by atoms with Crippen LogP contribution in [0.1, 0.15) is 72.6 Å². The highest BCUT2D eigenvalue weighted by atomic mass is 19.1. The number of halogens is 2. The number of carbonyl (C=O) groups excluding carboxylic acids is 4. The second kappa shape index (κ2) is 21.4. The van der Waals surface area contributed by atoms with Gasteiger partial charge in [0.25, 0.3) is 23.6 Å². The Hall–Kier alpha value is -5.58. The Morgan fingerprint density at radius 1 is 0.740 bits per heavy atom. The van der Waals surface area contributed by atoms with E-state index in [9.17, 15) is 28.0 Å². The molecule has 2 amide bonds. The Bertz CT molecular complexity index is 1500. The van der Waals surface area contributed by atoms with Crippen molar-refractivity contribution in [2.75, 3.05) is 19.8 Å². The summed E-state index contributed by atoms with van der Waals surface area (Å²) in [6.45, 7) is 1.95. The number of nitrogens with zero attached hydrogens (tertiary/aromatic N) is 4. The number of ketones is 2. The van der Waals surface area contributed by atoms with E-state index in [1.807, 2.05) is 6.92 Å². The third-order valence-electron chi connectivity index (χ3n) is 6.99. The molecular formula is C33H39F2N7O8. The molecule has 0 fully saturated rings. The van der Waals surface area contributed by atoms with Crippen LogP contribution in [0.5, 0.6) is 11.8 Å². The monoisotopic (exact) mass is 699 g/mol. The van der Waals surface area contributed by atoms with Gasteiger partial charge in [0.05, 0.1) is 23.2 Å². The average Bonchev–Trinajstić information content (AvgIpc) is 3.84. The molecule has 0 spiro atoms. The zero-order valence-electron chi connectivity index (χ0n) is 27.4. The van der Waals surface area contributed by atoms with Gasteiger partial charge in [-0.15, -0.1) is 0 Å². The zero-order chi connectivity index (χ0) is 36.1. The fourth-order valence-electron chi connectivity index (χ4n) is 4.34. The number of ether oxygens (including phenoxy) is 2. The maximum Gasteiger partial charge on any atom is 0.256 e. The van der Waals surface area contributed by atoms with Gasteiger partial charge in [0.1, 0.15) is 12.5 Å². The number of aromatic nitrogens is 4. The minimum Gasteiger partial charge on any atom is -0.467 e. The van der Waals surface area contributed by atoms with Crippen molar-refractivity contribution in [2.45, 2.75) is 64.0 Å². The molecule has 268 valence electrons. The van der Waals surface area contributed by atoms with Crippen molar-refractivity contribution in [1.82, 2.24) is 30.9 Å². The quantitative estimate of drug-likeness (QED) is 0.0889. The highest BCUT2D eigenvalue weighted by Crippen LogP contribution is 2.11. The molecule has 17 heteroatoms. The van der Waals surface area contributed by atoms with Gasteiger partial charge in [-0.2, -0.15) is 8.78 Å². The number of Topliss-reactive ketones (excluding diaryl/α,β-unsaturated/α-hetero) is 2. The molecule has 4 aromatic heterocycles. The lowest BCUT2D eigenvalue weighted by Gasteiger charge is -2.17. The van der Waals surface area contributed by atoms with Crippen molar-refractivity contribution in [3.05, 3.63) is 84.3 Å². The highest BCUT2D eigenvalue weighted by molar-refractivity contribution is 5.99. The Morgan fingerprint density at radius 2 is 1.20 bits per heavy atom. The lowest BCUT2D eigenvalue weighted by Crippen LogP contribution is -2.43. The predicted molar refractivity (Wildman–Crippen MR) is 172 cm³/mol. The molecule has 0 saturated carbocycles. The summed E-state index contributed by atoms with van der Waals surface area (Å²) < 4.78 is 46.9. The molecular weight excluding hydrogens is 660 g/mol. The first-order valence-corrected chi connectivity index (χ1v) is 15.9. The number of amides is 2. The van der Waals surface area contributed by atoms with Gasteiger partial charge in [0, 0.05) is 24.5 Å². The van der Waals surface area contributed by atoms with Crippen LogP contribution in [0.25, 0.3) is 0 Å². The predicted octanol–water partition coefficient (Wildman–Crippen LogP) is 3.62. The number of nitrogens with one attached hydrogen (secondary N) is 2. The molecule has 50 heavy (non-hydrogen) atoms. The van der Waals surface area contributed by atoms with Gasteiger partial charge in [-0.3, -0.25) is 19.2 Å². The van der Waals surface area contributed by atoms with E-state index in [4.69, 9.17) is 15.2 Å². The van der Waals surface area contributed by atoms with Crippen molar-refractivity contribution >= 4 is 23.4 Å². The Balaban J connectivity index is 0.000000270. The molecule has 0 aliphatic rings. The van der Waals surface area contributed by atoms with Gasteiger partial charge in [-0.1, -0.05) is 26.2 Å². The first-order valence-electron chi connectivity index (χ1n) is 15.9. The third-order valence-corrected chi connectivity index (χ3v) is 6.99. The lowest BCUT2D eigenvalue weighted by atomic mass is 10.0. The van der Waals surface area contributed by atoms with Crippen molar-refractivity contribution in [3.8, 4) is 11.8 Å². The second-order valence-corrected chi connectivity index (χ2v) is 10.7. The largest absolute Gasteiger partial charge is 0.467 e. The molecule has 0 aliphatic heterocycles. The minimum atomic E-state index is -0.896. The van der Waals surface area contributed by atoms with E-state index in [0.29, 0.717) is 32.2 Å². The van der Waals surface area contributed by atoms with Crippen LogP contribution in [0.15, 0.2) is 70.4 Å². The Morgan fingerprint density at radius 3 is 1.58 bits per heavy atom. The molecule has 2 atom stereocenters. The van der Waals surface area contributed by atoms with E-state index in [-0.39, 0.29) is 47.7 Å². The van der Waals surface area contributed by atoms with Crippen LogP contribution < -0.4 is 25.8 Å². The number of nitrogens with two attached hydrogens (primary N) is 1. The SMILES string of the molecule is CCCCC[C@H](NC(=O)c1cccnc1F)C(=O)COc1ccon1.NCCCC[C@H](NC(=O)c1cccnc1F)C(=O)COc1ccon1. The Labute approximate surface area is 286 Å². The molecule has 4 aromatic rings. The molecule has 0 saturated heterocycles. The van der Waals surface area contributed by atoms with E-state index >= 15 is 0 Å². The van der Waals surface area contributed by atoms with Gasteiger partial charge in [-0.05, 0) is 66.8 Å².